The van der Waals surface area contributed by atoms with Crippen molar-refractivity contribution in [2.45, 2.75) is 17.0 Å². The van der Waals surface area contributed by atoms with Crippen molar-refractivity contribution in [3.8, 4) is 5.69 Å². The quantitative estimate of drug-likeness (QED) is 0.144. The summed E-state index contributed by atoms with van der Waals surface area (Å²) in [6.45, 7) is 2.93. The zero-order chi connectivity index (χ0) is 25.2. The Labute approximate surface area is 202 Å². The monoisotopic (exact) mass is 504 g/mol. The fraction of sp³-hybridized carbons (Fsp3) is 0.300. The second-order valence-corrected chi connectivity index (χ2v) is 7.62. The third kappa shape index (κ3) is 6.78. The number of ether oxygens (including phenoxy) is 3. The van der Waals surface area contributed by atoms with Crippen LogP contribution in [-0.2, 0) is 14.2 Å². The number of nitrogens with zero attached hydrogens (tertiary/aromatic N) is 6. The number of esters is 1. The fourth-order valence-electron chi connectivity index (χ4n) is 2.80. The van der Waals surface area contributed by atoms with E-state index < -0.39 is 32.8 Å². The second kappa shape index (κ2) is 12.5. The predicted octanol–water partition coefficient (Wildman–Crippen LogP) is 2.84. The zero-order valence-electron chi connectivity index (χ0n) is 18.4. The van der Waals surface area contributed by atoms with Gasteiger partial charge in [0.1, 0.15) is 12.2 Å². The first-order valence-corrected chi connectivity index (χ1v) is 11.0. The van der Waals surface area contributed by atoms with Gasteiger partial charge in [-0.25, -0.2) is 4.79 Å². The Hall–Kier alpha value is -3.95. The van der Waals surface area contributed by atoms with Crippen LogP contribution in [0.1, 0.15) is 17.3 Å². The molecule has 0 fully saturated rings. The van der Waals surface area contributed by atoms with Gasteiger partial charge in [0.25, 0.3) is 11.4 Å². The Morgan fingerprint density at radius 1 is 1.00 bits per heavy atom. The summed E-state index contributed by atoms with van der Waals surface area (Å²) in [7, 11) is 0. The van der Waals surface area contributed by atoms with Crippen molar-refractivity contribution in [1.82, 2.24) is 20.2 Å². The first-order valence-electron chi connectivity index (χ1n) is 10.2. The average molecular weight is 504 g/mol. The third-order valence-corrected chi connectivity index (χ3v) is 5.35. The van der Waals surface area contributed by atoms with E-state index in [1.54, 1.807) is 30.3 Å². The molecule has 3 rings (SSSR count). The van der Waals surface area contributed by atoms with Gasteiger partial charge in [-0.3, -0.25) is 20.2 Å². The van der Waals surface area contributed by atoms with Crippen LogP contribution in [-0.4, -0.2) is 69.1 Å². The number of hydrogen-bond donors (Lipinski definition) is 0. The normalized spacial score (nSPS) is 10.8. The topological polar surface area (TPSA) is 175 Å². The summed E-state index contributed by atoms with van der Waals surface area (Å²) in [5.41, 5.74) is -1.20. The first kappa shape index (κ1) is 25.7. The van der Waals surface area contributed by atoms with Gasteiger partial charge in [-0.2, -0.15) is 4.68 Å². The van der Waals surface area contributed by atoms with E-state index in [4.69, 9.17) is 14.2 Å². The number of nitro benzene ring substituents is 2. The highest BCUT2D eigenvalue weighted by Gasteiger charge is 2.30. The molecule has 0 bridgehead atoms. The lowest BCUT2D eigenvalue weighted by molar-refractivity contribution is -0.396. The smallest absolute Gasteiger partial charge is 0.345 e. The summed E-state index contributed by atoms with van der Waals surface area (Å²) in [5.74, 6) is -1.02. The molecule has 15 heteroatoms. The molecule has 0 aliphatic rings. The molecular weight excluding hydrogens is 484 g/mol. The molecule has 35 heavy (non-hydrogen) atoms. The number of rotatable bonds is 13. The molecule has 0 N–H and O–H groups in total. The summed E-state index contributed by atoms with van der Waals surface area (Å²) in [6, 6.07) is 10.5. The molecule has 0 amide bonds. The standard InChI is InChI=1S/C20H20N6O8S/c1-2-32-8-9-33-10-11-34-19(27)15-12-18(17(26(30)31)13-16(15)25(28)29)35-20-21-22-23-24(20)14-6-4-3-5-7-14/h3-7,12-13H,2,8-11H2,1H3. The van der Waals surface area contributed by atoms with Crippen LogP contribution in [0, 0.1) is 20.2 Å². The zero-order valence-corrected chi connectivity index (χ0v) is 19.3. The molecule has 1 heterocycles. The Balaban J connectivity index is 1.85. The number of hydrogen-bond acceptors (Lipinski definition) is 12. The largest absolute Gasteiger partial charge is 0.459 e. The lowest BCUT2D eigenvalue weighted by atomic mass is 10.1. The number of para-hydroxylation sites is 1. The fourth-order valence-corrected chi connectivity index (χ4v) is 3.72. The van der Waals surface area contributed by atoms with Crippen molar-refractivity contribution < 1.29 is 28.9 Å². The van der Waals surface area contributed by atoms with E-state index in [2.05, 4.69) is 15.5 Å². The summed E-state index contributed by atoms with van der Waals surface area (Å²) in [6.07, 6.45) is 0. The lowest BCUT2D eigenvalue weighted by Gasteiger charge is -2.09. The maximum Gasteiger partial charge on any atom is 0.345 e. The maximum atomic E-state index is 12.6. The third-order valence-electron chi connectivity index (χ3n) is 4.37. The summed E-state index contributed by atoms with van der Waals surface area (Å²) < 4.78 is 16.8. The van der Waals surface area contributed by atoms with E-state index in [0.29, 0.717) is 31.6 Å². The molecule has 0 aliphatic heterocycles. The van der Waals surface area contributed by atoms with Crippen molar-refractivity contribution >= 4 is 29.1 Å². The van der Waals surface area contributed by atoms with Crippen LogP contribution in [0.5, 0.6) is 0 Å². The minimum Gasteiger partial charge on any atom is -0.459 e. The van der Waals surface area contributed by atoms with Crippen molar-refractivity contribution in [3.63, 3.8) is 0 Å². The molecule has 0 saturated carbocycles. The SMILES string of the molecule is CCOCCOCCOC(=O)c1cc(Sc2nnnn2-c2ccccc2)c([N+](=O)[O-])cc1[N+](=O)[O-]. The lowest BCUT2D eigenvalue weighted by Crippen LogP contribution is -2.14. The first-order chi connectivity index (χ1) is 16.9. The number of nitro groups is 2. The molecule has 3 aromatic rings. The van der Waals surface area contributed by atoms with E-state index >= 15 is 0 Å². The van der Waals surface area contributed by atoms with Crippen molar-refractivity contribution in [2.24, 2.45) is 0 Å². The van der Waals surface area contributed by atoms with Crippen molar-refractivity contribution in [3.05, 3.63) is 68.3 Å². The van der Waals surface area contributed by atoms with Crippen LogP contribution in [0.25, 0.3) is 5.69 Å². The van der Waals surface area contributed by atoms with E-state index in [-0.39, 0.29) is 23.3 Å². The van der Waals surface area contributed by atoms with Crippen LogP contribution in [0.4, 0.5) is 11.4 Å². The molecule has 0 unspecified atom stereocenters. The molecule has 0 atom stereocenters. The van der Waals surface area contributed by atoms with Gasteiger partial charge in [0.05, 0.1) is 46.3 Å². The number of tetrazole rings is 1. The number of aromatic nitrogens is 4. The van der Waals surface area contributed by atoms with Crippen LogP contribution in [0.3, 0.4) is 0 Å². The highest BCUT2D eigenvalue weighted by Crippen LogP contribution is 2.38. The second-order valence-electron chi connectivity index (χ2n) is 6.61. The van der Waals surface area contributed by atoms with E-state index in [1.807, 2.05) is 6.92 Å². The minimum atomic E-state index is -1.02. The molecule has 0 aliphatic carbocycles. The highest BCUT2D eigenvalue weighted by molar-refractivity contribution is 7.99. The van der Waals surface area contributed by atoms with Gasteiger partial charge < -0.3 is 14.2 Å². The Morgan fingerprint density at radius 2 is 1.69 bits per heavy atom. The Kier molecular flexibility index (Phi) is 9.16. The van der Waals surface area contributed by atoms with E-state index in [9.17, 15) is 25.0 Å². The van der Waals surface area contributed by atoms with Gasteiger partial charge in [0.2, 0.25) is 5.16 Å². The van der Waals surface area contributed by atoms with Crippen molar-refractivity contribution in [2.75, 3.05) is 33.0 Å². The maximum absolute atomic E-state index is 12.6. The average Bonchev–Trinajstić information content (AvgIpc) is 3.31. The van der Waals surface area contributed by atoms with Gasteiger partial charge in [0.15, 0.2) is 0 Å². The molecule has 0 saturated heterocycles. The van der Waals surface area contributed by atoms with Gasteiger partial charge in [-0.05, 0) is 47.3 Å². The summed E-state index contributed by atoms with van der Waals surface area (Å²) >= 11 is 0.778. The van der Waals surface area contributed by atoms with Crippen LogP contribution < -0.4 is 0 Å². The number of carbonyl (C=O) groups excluding carboxylic acids is 1. The van der Waals surface area contributed by atoms with Crippen molar-refractivity contribution in [1.29, 1.82) is 0 Å². The number of benzene rings is 2. The van der Waals surface area contributed by atoms with Gasteiger partial charge in [-0.15, -0.1) is 5.10 Å². The Bertz CT molecular complexity index is 1190. The van der Waals surface area contributed by atoms with Gasteiger partial charge in [0, 0.05) is 6.61 Å². The Morgan fingerprint density at radius 3 is 2.37 bits per heavy atom. The molecular formula is C20H20N6O8S. The molecule has 2 aromatic carbocycles. The predicted molar refractivity (Wildman–Crippen MR) is 121 cm³/mol. The molecule has 0 radical (unpaired) electrons. The van der Waals surface area contributed by atoms with E-state index in [0.717, 1.165) is 17.8 Å². The van der Waals surface area contributed by atoms with Gasteiger partial charge in [-0.1, -0.05) is 18.2 Å². The van der Waals surface area contributed by atoms with Crippen LogP contribution in [0.15, 0.2) is 52.5 Å². The molecule has 14 nitrogen and oxygen atoms in total. The minimum absolute atomic E-state index is 0.0487. The molecule has 1 aromatic heterocycles. The van der Waals surface area contributed by atoms with Gasteiger partial charge >= 0.3 is 5.97 Å². The van der Waals surface area contributed by atoms with Crippen LogP contribution >= 0.6 is 11.8 Å². The van der Waals surface area contributed by atoms with Crippen LogP contribution in [0.2, 0.25) is 0 Å². The van der Waals surface area contributed by atoms with E-state index in [1.165, 1.54) is 4.68 Å². The summed E-state index contributed by atoms with van der Waals surface area (Å²) in [5, 5.41) is 34.7. The molecule has 184 valence electrons. The number of carbonyl (C=O) groups is 1. The summed E-state index contributed by atoms with van der Waals surface area (Å²) in [4.78, 5) is 34.0. The molecule has 0 spiro atoms. The highest BCUT2D eigenvalue weighted by atomic mass is 32.2.